The first-order chi connectivity index (χ1) is 6.57. The summed E-state index contributed by atoms with van der Waals surface area (Å²) < 4.78 is 4.69. The highest BCUT2D eigenvalue weighted by atomic mass is 16.5. The Kier molecular flexibility index (Phi) is 6.39. The second kappa shape index (κ2) is 7.08. The van der Waals surface area contributed by atoms with Gasteiger partial charge in [0.15, 0.2) is 0 Å². The van der Waals surface area contributed by atoms with E-state index in [1.165, 1.54) is 6.08 Å². The molecule has 0 aromatic heterocycles. The van der Waals surface area contributed by atoms with E-state index in [0.717, 1.165) is 0 Å². The summed E-state index contributed by atoms with van der Waals surface area (Å²) in [5.41, 5.74) is 5.24. The Hall–Kier alpha value is -1.36. The van der Waals surface area contributed by atoms with E-state index < -0.39 is 12.0 Å². The van der Waals surface area contributed by atoms with Crippen molar-refractivity contribution in [2.45, 2.75) is 25.3 Å². The van der Waals surface area contributed by atoms with Gasteiger partial charge in [-0.15, -0.1) is 0 Å². The minimum absolute atomic E-state index is 0.184. The zero-order chi connectivity index (χ0) is 11.0. The van der Waals surface area contributed by atoms with Crippen molar-refractivity contribution in [2.75, 3.05) is 6.61 Å². The van der Waals surface area contributed by atoms with Crippen molar-refractivity contribution < 1.29 is 19.4 Å². The molecule has 0 radical (unpaired) electrons. The molecule has 0 saturated carbocycles. The predicted octanol–water partition coefficient (Wildman–Crippen LogP) is 0.298. The quantitative estimate of drug-likeness (QED) is 0.456. The maximum atomic E-state index is 10.9. The van der Waals surface area contributed by atoms with Gasteiger partial charge < -0.3 is 15.6 Å². The summed E-state index contributed by atoms with van der Waals surface area (Å²) in [4.78, 5) is 21.2. The van der Waals surface area contributed by atoms with Crippen molar-refractivity contribution >= 4 is 11.9 Å². The minimum atomic E-state index is -1.05. The molecule has 0 aromatic rings. The summed E-state index contributed by atoms with van der Waals surface area (Å²) in [5, 5.41) is 8.43. The van der Waals surface area contributed by atoms with Gasteiger partial charge >= 0.3 is 11.9 Å². The molecule has 5 nitrogen and oxygen atoms in total. The lowest BCUT2D eigenvalue weighted by Crippen LogP contribution is -2.29. The Morgan fingerprint density at radius 3 is 2.71 bits per heavy atom. The molecule has 14 heavy (non-hydrogen) atoms. The standard InChI is InChI=1S/C9H15NO4/c1-2-6-14-8(11)5-3-4-7(10)9(12)13/h2,7H,1,3-6,10H2,(H,12,13)/t7-/m0/s1. The van der Waals surface area contributed by atoms with E-state index in [4.69, 9.17) is 10.8 Å². The van der Waals surface area contributed by atoms with Crippen molar-refractivity contribution in [3.63, 3.8) is 0 Å². The molecule has 0 fully saturated rings. The Morgan fingerprint density at radius 1 is 1.57 bits per heavy atom. The normalized spacial score (nSPS) is 11.8. The number of ether oxygens (including phenoxy) is 1. The average molecular weight is 201 g/mol. The first kappa shape index (κ1) is 12.6. The highest BCUT2D eigenvalue weighted by Gasteiger charge is 2.11. The second-order valence-electron chi connectivity index (χ2n) is 2.81. The van der Waals surface area contributed by atoms with Crippen molar-refractivity contribution in [3.8, 4) is 0 Å². The molecule has 0 heterocycles. The number of aliphatic carboxylic acids is 1. The van der Waals surface area contributed by atoms with Gasteiger partial charge in [0.05, 0.1) is 0 Å². The smallest absolute Gasteiger partial charge is 0.320 e. The van der Waals surface area contributed by atoms with Crippen LogP contribution in [0.5, 0.6) is 0 Å². The SMILES string of the molecule is C=CCOC(=O)CCC[C@H](N)C(=O)O. The number of esters is 1. The first-order valence-corrected chi connectivity index (χ1v) is 4.32. The zero-order valence-electron chi connectivity index (χ0n) is 7.94. The highest BCUT2D eigenvalue weighted by molar-refractivity contribution is 5.73. The molecule has 0 aromatic carbocycles. The van der Waals surface area contributed by atoms with Gasteiger partial charge in [-0.1, -0.05) is 12.7 Å². The number of carbonyl (C=O) groups is 2. The monoisotopic (exact) mass is 201 g/mol. The summed E-state index contributed by atoms with van der Waals surface area (Å²) in [6.45, 7) is 3.57. The lowest BCUT2D eigenvalue weighted by Gasteiger charge is -2.05. The summed E-state index contributed by atoms with van der Waals surface area (Å²) in [6, 6.07) is -0.901. The summed E-state index contributed by atoms with van der Waals surface area (Å²) in [6.07, 6.45) is 2.36. The molecule has 0 amide bonds. The van der Waals surface area contributed by atoms with Crippen LogP contribution in [0.15, 0.2) is 12.7 Å². The van der Waals surface area contributed by atoms with Gasteiger partial charge in [0.1, 0.15) is 12.6 Å². The van der Waals surface area contributed by atoms with Gasteiger partial charge in [-0.3, -0.25) is 9.59 Å². The van der Waals surface area contributed by atoms with Gasteiger partial charge in [-0.05, 0) is 12.8 Å². The fraction of sp³-hybridized carbons (Fsp3) is 0.556. The van der Waals surface area contributed by atoms with E-state index in [1.54, 1.807) is 0 Å². The lowest BCUT2D eigenvalue weighted by molar-refractivity contribution is -0.143. The van der Waals surface area contributed by atoms with Crippen LogP contribution < -0.4 is 5.73 Å². The summed E-state index contributed by atoms with van der Waals surface area (Å²) in [5.74, 6) is -1.41. The van der Waals surface area contributed by atoms with Gasteiger partial charge in [-0.25, -0.2) is 0 Å². The largest absolute Gasteiger partial charge is 0.480 e. The maximum absolute atomic E-state index is 10.9. The van der Waals surface area contributed by atoms with Crippen molar-refractivity contribution in [3.05, 3.63) is 12.7 Å². The molecule has 0 rings (SSSR count). The number of rotatable bonds is 7. The van der Waals surface area contributed by atoms with Gasteiger partial charge in [-0.2, -0.15) is 0 Å². The van der Waals surface area contributed by atoms with Crippen LogP contribution in [0.25, 0.3) is 0 Å². The molecule has 0 saturated heterocycles. The topological polar surface area (TPSA) is 89.6 Å². The number of hydrogen-bond acceptors (Lipinski definition) is 4. The van der Waals surface area contributed by atoms with Crippen LogP contribution in [-0.2, 0) is 14.3 Å². The molecule has 0 aliphatic heterocycles. The molecule has 80 valence electrons. The molecule has 0 aliphatic rings. The van der Waals surface area contributed by atoms with E-state index >= 15 is 0 Å². The number of hydrogen-bond donors (Lipinski definition) is 2. The third kappa shape index (κ3) is 6.19. The van der Waals surface area contributed by atoms with Crippen molar-refractivity contribution in [1.82, 2.24) is 0 Å². The predicted molar refractivity (Wildman–Crippen MR) is 50.6 cm³/mol. The minimum Gasteiger partial charge on any atom is -0.480 e. The summed E-state index contributed by atoms with van der Waals surface area (Å²) >= 11 is 0. The number of carbonyl (C=O) groups excluding carboxylic acids is 1. The Labute approximate surface area is 82.5 Å². The van der Waals surface area contributed by atoms with Crippen LogP contribution in [0.3, 0.4) is 0 Å². The van der Waals surface area contributed by atoms with Gasteiger partial charge in [0.2, 0.25) is 0 Å². The third-order valence-corrected chi connectivity index (χ3v) is 1.58. The molecule has 0 spiro atoms. The fourth-order valence-corrected chi connectivity index (χ4v) is 0.814. The third-order valence-electron chi connectivity index (χ3n) is 1.58. The van der Waals surface area contributed by atoms with Crippen LogP contribution in [0.2, 0.25) is 0 Å². The van der Waals surface area contributed by atoms with Crippen LogP contribution >= 0.6 is 0 Å². The molecule has 3 N–H and O–H groups in total. The molecule has 0 bridgehead atoms. The summed E-state index contributed by atoms with van der Waals surface area (Å²) in [7, 11) is 0. The number of carboxylic acids is 1. The second-order valence-corrected chi connectivity index (χ2v) is 2.81. The van der Waals surface area contributed by atoms with Crippen LogP contribution in [0, 0.1) is 0 Å². The van der Waals surface area contributed by atoms with E-state index in [-0.39, 0.29) is 25.4 Å². The van der Waals surface area contributed by atoms with E-state index in [0.29, 0.717) is 6.42 Å². The van der Waals surface area contributed by atoms with Gasteiger partial charge in [0, 0.05) is 6.42 Å². The van der Waals surface area contributed by atoms with E-state index in [2.05, 4.69) is 11.3 Å². The van der Waals surface area contributed by atoms with Crippen LogP contribution in [-0.4, -0.2) is 29.7 Å². The Balaban J connectivity index is 3.48. The van der Waals surface area contributed by atoms with Crippen LogP contribution in [0.4, 0.5) is 0 Å². The molecular formula is C9H15NO4. The van der Waals surface area contributed by atoms with Crippen LogP contribution in [0.1, 0.15) is 19.3 Å². The van der Waals surface area contributed by atoms with Gasteiger partial charge in [0.25, 0.3) is 0 Å². The Morgan fingerprint density at radius 2 is 2.21 bits per heavy atom. The van der Waals surface area contributed by atoms with E-state index in [9.17, 15) is 9.59 Å². The molecular weight excluding hydrogens is 186 g/mol. The number of nitrogens with two attached hydrogens (primary N) is 1. The highest BCUT2D eigenvalue weighted by Crippen LogP contribution is 2.00. The van der Waals surface area contributed by atoms with Crippen molar-refractivity contribution in [1.29, 1.82) is 0 Å². The molecule has 1 atom stereocenters. The number of carboxylic acid groups (broad SMARTS) is 1. The van der Waals surface area contributed by atoms with Crippen molar-refractivity contribution in [2.24, 2.45) is 5.73 Å². The molecule has 5 heteroatoms. The maximum Gasteiger partial charge on any atom is 0.320 e. The Bertz CT molecular complexity index is 215. The molecule has 0 unspecified atom stereocenters. The zero-order valence-corrected chi connectivity index (χ0v) is 7.94. The first-order valence-electron chi connectivity index (χ1n) is 4.32. The fourth-order valence-electron chi connectivity index (χ4n) is 0.814. The van der Waals surface area contributed by atoms with E-state index in [1.807, 2.05) is 0 Å². The average Bonchev–Trinajstić information content (AvgIpc) is 2.14. The molecule has 0 aliphatic carbocycles. The lowest BCUT2D eigenvalue weighted by atomic mass is 10.1.